The zero-order valence-electron chi connectivity index (χ0n) is 6.15. The molecule has 9 heteroatoms. The van der Waals surface area contributed by atoms with Crippen LogP contribution in [-0.2, 0) is 14.3 Å². The summed E-state index contributed by atoms with van der Waals surface area (Å²) in [6.07, 6.45) is -1.66. The smallest absolute Gasteiger partial charge is 0.394 e. The normalized spacial score (nSPS) is 15.8. The van der Waals surface area contributed by atoms with E-state index in [2.05, 4.69) is 4.18 Å². The molecule has 0 saturated heterocycles. The number of halogens is 3. The highest BCUT2D eigenvalue weighted by Crippen LogP contribution is 2.24. The minimum absolute atomic E-state index is 0.882. The van der Waals surface area contributed by atoms with Crippen molar-refractivity contribution in [3.8, 4) is 0 Å². The van der Waals surface area contributed by atoms with Crippen LogP contribution in [-0.4, -0.2) is 43.5 Å². The molecule has 0 aromatic carbocycles. The van der Waals surface area contributed by atoms with Crippen LogP contribution in [0.1, 0.15) is 0 Å². The highest BCUT2D eigenvalue weighted by molar-refractivity contribution is 7.87. The van der Waals surface area contributed by atoms with Gasteiger partial charge in [-0.15, -0.1) is 0 Å². The maximum absolute atomic E-state index is 11.5. The van der Waals surface area contributed by atoms with E-state index in [1.165, 1.54) is 0 Å². The van der Waals surface area contributed by atoms with Crippen LogP contribution in [0.4, 0.5) is 13.2 Å². The molecule has 1 unspecified atom stereocenters. The van der Waals surface area contributed by atoms with Gasteiger partial charge in [0.05, 0.1) is 13.2 Å². The molecule has 0 amide bonds. The molecular weight excluding hydrogens is 217 g/mol. The lowest BCUT2D eigenvalue weighted by Gasteiger charge is -2.10. The van der Waals surface area contributed by atoms with Crippen LogP contribution in [0.15, 0.2) is 0 Å². The van der Waals surface area contributed by atoms with E-state index in [0.717, 1.165) is 0 Å². The Kier molecular flexibility index (Phi) is 4.10. The van der Waals surface area contributed by atoms with E-state index in [1.807, 2.05) is 0 Å². The lowest BCUT2D eigenvalue weighted by Crippen LogP contribution is -2.30. The van der Waals surface area contributed by atoms with Gasteiger partial charge >= 0.3 is 15.6 Å². The van der Waals surface area contributed by atoms with E-state index in [-0.39, 0.29) is 0 Å². The molecule has 1 atom stereocenters. The maximum Gasteiger partial charge on any atom is 0.523 e. The SMILES string of the molecule is O=S(=O)(OCC(O)CO)C(F)(F)F. The van der Waals surface area contributed by atoms with Crippen molar-refractivity contribution in [1.82, 2.24) is 0 Å². The van der Waals surface area contributed by atoms with Crippen LogP contribution >= 0.6 is 0 Å². The van der Waals surface area contributed by atoms with Crippen LogP contribution < -0.4 is 0 Å². The fraction of sp³-hybridized carbons (Fsp3) is 1.00. The predicted octanol–water partition coefficient (Wildman–Crippen LogP) is -0.794. The molecule has 0 heterocycles. The summed E-state index contributed by atoms with van der Waals surface area (Å²) in [6.45, 7) is -2.01. The fourth-order valence-corrected chi connectivity index (χ4v) is 0.758. The highest BCUT2D eigenvalue weighted by atomic mass is 32.2. The minimum atomic E-state index is -5.67. The van der Waals surface area contributed by atoms with Crippen LogP contribution in [0.2, 0.25) is 0 Å². The molecule has 0 fully saturated rings. The summed E-state index contributed by atoms with van der Waals surface area (Å²) in [5, 5.41) is 16.6. The molecule has 0 bridgehead atoms. The Bertz CT molecular complexity index is 245. The number of aliphatic hydroxyl groups is 2. The van der Waals surface area contributed by atoms with Crippen molar-refractivity contribution in [2.45, 2.75) is 11.6 Å². The van der Waals surface area contributed by atoms with Gasteiger partial charge in [0, 0.05) is 0 Å². The third-order valence-electron chi connectivity index (χ3n) is 0.910. The van der Waals surface area contributed by atoms with Gasteiger partial charge in [0.15, 0.2) is 0 Å². The van der Waals surface area contributed by atoms with Gasteiger partial charge < -0.3 is 10.2 Å². The number of alkyl halides is 3. The van der Waals surface area contributed by atoms with Gasteiger partial charge in [0.25, 0.3) is 0 Å². The zero-order chi connectivity index (χ0) is 10.7. The third-order valence-corrected chi connectivity index (χ3v) is 1.92. The van der Waals surface area contributed by atoms with Gasteiger partial charge in [0.2, 0.25) is 0 Å². The molecule has 0 aliphatic rings. The van der Waals surface area contributed by atoms with E-state index >= 15 is 0 Å². The summed E-state index contributed by atoms with van der Waals surface area (Å²) in [5.41, 5.74) is -5.51. The van der Waals surface area contributed by atoms with Crippen molar-refractivity contribution in [3.05, 3.63) is 0 Å². The van der Waals surface area contributed by atoms with Crippen LogP contribution in [0, 0.1) is 0 Å². The summed E-state index contributed by atoms with van der Waals surface area (Å²) in [4.78, 5) is 0. The van der Waals surface area contributed by atoms with Gasteiger partial charge in [-0.25, -0.2) is 0 Å². The van der Waals surface area contributed by atoms with E-state index in [1.54, 1.807) is 0 Å². The molecular formula is C4H7F3O5S. The van der Waals surface area contributed by atoms with Crippen molar-refractivity contribution in [1.29, 1.82) is 0 Å². The second kappa shape index (κ2) is 4.22. The monoisotopic (exact) mass is 224 g/mol. The summed E-state index contributed by atoms with van der Waals surface area (Å²) < 4.78 is 58.2. The van der Waals surface area contributed by atoms with Crippen molar-refractivity contribution in [2.75, 3.05) is 13.2 Å². The minimum Gasteiger partial charge on any atom is -0.394 e. The molecule has 0 spiro atoms. The van der Waals surface area contributed by atoms with Crippen molar-refractivity contribution in [2.24, 2.45) is 0 Å². The van der Waals surface area contributed by atoms with E-state index in [9.17, 15) is 21.6 Å². The summed E-state index contributed by atoms with van der Waals surface area (Å²) in [5.74, 6) is 0. The lowest BCUT2D eigenvalue weighted by atomic mass is 10.4. The van der Waals surface area contributed by atoms with Gasteiger partial charge in [-0.1, -0.05) is 0 Å². The van der Waals surface area contributed by atoms with E-state index < -0.39 is 34.9 Å². The Morgan fingerprint density at radius 3 is 2.15 bits per heavy atom. The lowest BCUT2D eigenvalue weighted by molar-refractivity contribution is -0.0575. The van der Waals surface area contributed by atoms with E-state index in [0.29, 0.717) is 0 Å². The highest BCUT2D eigenvalue weighted by Gasteiger charge is 2.47. The van der Waals surface area contributed by atoms with Crippen LogP contribution in [0.3, 0.4) is 0 Å². The quantitative estimate of drug-likeness (QED) is 0.482. The van der Waals surface area contributed by atoms with Gasteiger partial charge in [0.1, 0.15) is 6.10 Å². The average molecular weight is 224 g/mol. The second-order valence-electron chi connectivity index (χ2n) is 2.02. The average Bonchev–Trinajstić information content (AvgIpc) is 1.98. The molecule has 80 valence electrons. The molecule has 0 aliphatic heterocycles. The van der Waals surface area contributed by atoms with Gasteiger partial charge in [-0.3, -0.25) is 4.18 Å². The third kappa shape index (κ3) is 3.89. The number of rotatable bonds is 4. The zero-order valence-corrected chi connectivity index (χ0v) is 6.97. The Hall–Kier alpha value is -0.380. The van der Waals surface area contributed by atoms with Crippen LogP contribution in [0.5, 0.6) is 0 Å². The molecule has 2 N–H and O–H groups in total. The predicted molar refractivity (Wildman–Crippen MR) is 34.0 cm³/mol. The number of hydrogen-bond donors (Lipinski definition) is 2. The van der Waals surface area contributed by atoms with Crippen molar-refractivity contribution in [3.63, 3.8) is 0 Å². The molecule has 0 aromatic heterocycles. The summed E-state index contributed by atoms with van der Waals surface area (Å²) in [7, 11) is -5.67. The summed E-state index contributed by atoms with van der Waals surface area (Å²) in [6, 6.07) is 0. The Balaban J connectivity index is 4.22. The first-order valence-electron chi connectivity index (χ1n) is 2.95. The largest absolute Gasteiger partial charge is 0.523 e. The van der Waals surface area contributed by atoms with Gasteiger partial charge in [-0.2, -0.15) is 21.6 Å². The summed E-state index contributed by atoms with van der Waals surface area (Å²) >= 11 is 0. The standard InChI is InChI=1S/C4H7F3O5S/c5-4(6,7)13(10,11)12-2-3(9)1-8/h3,8-9H,1-2H2. The Morgan fingerprint density at radius 1 is 1.38 bits per heavy atom. The molecule has 0 radical (unpaired) electrons. The van der Waals surface area contributed by atoms with Crippen molar-refractivity contribution < 1.29 is 36.0 Å². The fourth-order valence-electron chi connectivity index (χ4n) is 0.288. The number of aliphatic hydroxyl groups excluding tert-OH is 2. The van der Waals surface area contributed by atoms with Gasteiger partial charge in [-0.05, 0) is 0 Å². The molecule has 13 heavy (non-hydrogen) atoms. The molecule has 0 rings (SSSR count). The first-order valence-corrected chi connectivity index (χ1v) is 4.36. The van der Waals surface area contributed by atoms with Crippen molar-refractivity contribution >= 4 is 10.1 Å². The second-order valence-corrected chi connectivity index (χ2v) is 3.63. The maximum atomic E-state index is 11.5. The van der Waals surface area contributed by atoms with E-state index in [4.69, 9.17) is 10.2 Å². The molecule has 5 nitrogen and oxygen atoms in total. The first kappa shape index (κ1) is 12.6. The Morgan fingerprint density at radius 2 is 1.85 bits per heavy atom. The first-order chi connectivity index (χ1) is 5.70. The van der Waals surface area contributed by atoms with Crippen LogP contribution in [0.25, 0.3) is 0 Å². The Labute approximate surface area is 71.9 Å². The molecule has 0 aromatic rings. The molecule has 0 aliphatic carbocycles. The number of hydrogen-bond acceptors (Lipinski definition) is 5. The molecule has 0 saturated carbocycles. The topological polar surface area (TPSA) is 83.8 Å².